The summed E-state index contributed by atoms with van der Waals surface area (Å²) < 4.78 is 21.3. The number of alkyl halides is 1. The second kappa shape index (κ2) is 6.64. The highest BCUT2D eigenvalue weighted by Gasteiger charge is 2.30. The molecule has 2 atom stereocenters. The Kier molecular flexibility index (Phi) is 5.01. The number of hydrogen-bond donors (Lipinski definition) is 2. The SMILES string of the molecule is Cn1ncc(N)c1N1CC[C@H](NC(=O)OC(C)(C)C)[C@@H](F)CC1. The maximum absolute atomic E-state index is 14.4. The van der Waals surface area contributed by atoms with Crippen LogP contribution >= 0.6 is 0 Å². The van der Waals surface area contributed by atoms with Gasteiger partial charge in [0.15, 0.2) is 0 Å². The number of carbonyl (C=O) groups is 1. The molecular weight excluding hydrogens is 301 g/mol. The lowest BCUT2D eigenvalue weighted by molar-refractivity contribution is 0.0472. The van der Waals surface area contributed by atoms with Crippen molar-refractivity contribution in [2.45, 2.75) is 51.4 Å². The number of halogens is 1. The standard InChI is InChI=1S/C15H26FN5O2/c1-15(2,3)23-14(22)19-12-6-8-21(7-5-10(12)16)13-11(17)9-18-20(13)4/h9-10,12H,5-8,17H2,1-4H3,(H,19,22)/t10-,12-/m0/s1. The summed E-state index contributed by atoms with van der Waals surface area (Å²) in [6.45, 7) is 6.45. The summed E-state index contributed by atoms with van der Waals surface area (Å²) in [6.07, 6.45) is 0.667. The lowest BCUT2D eigenvalue weighted by Gasteiger charge is -2.24. The Morgan fingerprint density at radius 3 is 2.65 bits per heavy atom. The summed E-state index contributed by atoms with van der Waals surface area (Å²) in [6, 6.07) is -0.565. The van der Waals surface area contributed by atoms with Gasteiger partial charge in [0.05, 0.1) is 17.9 Å². The van der Waals surface area contributed by atoms with E-state index in [1.807, 2.05) is 4.90 Å². The number of nitrogens with zero attached hydrogens (tertiary/aromatic N) is 3. The Bertz CT molecular complexity index is 535. The van der Waals surface area contributed by atoms with E-state index in [0.717, 1.165) is 5.82 Å². The van der Waals surface area contributed by atoms with Crippen molar-refractivity contribution in [3.8, 4) is 0 Å². The third kappa shape index (κ3) is 4.49. The van der Waals surface area contributed by atoms with Gasteiger partial charge in [-0.05, 0) is 33.6 Å². The lowest BCUT2D eigenvalue weighted by atomic mass is 10.1. The molecule has 1 aromatic heterocycles. The van der Waals surface area contributed by atoms with Crippen molar-refractivity contribution in [1.82, 2.24) is 15.1 Å². The topological polar surface area (TPSA) is 85.4 Å². The van der Waals surface area contributed by atoms with Crippen LogP contribution in [-0.2, 0) is 11.8 Å². The first-order valence-corrected chi connectivity index (χ1v) is 7.83. The maximum atomic E-state index is 14.4. The number of aryl methyl sites for hydroxylation is 1. The molecular formula is C15H26FN5O2. The van der Waals surface area contributed by atoms with Gasteiger partial charge in [0.1, 0.15) is 17.6 Å². The fourth-order valence-electron chi connectivity index (χ4n) is 2.74. The molecule has 0 saturated carbocycles. The molecule has 1 fully saturated rings. The Labute approximate surface area is 136 Å². The van der Waals surface area contributed by atoms with Crippen LogP contribution in [0.15, 0.2) is 6.20 Å². The van der Waals surface area contributed by atoms with Crippen LogP contribution in [0.2, 0.25) is 0 Å². The molecule has 0 aliphatic carbocycles. The summed E-state index contributed by atoms with van der Waals surface area (Å²) >= 11 is 0. The van der Waals surface area contributed by atoms with Gasteiger partial charge in [-0.3, -0.25) is 4.68 Å². The molecule has 3 N–H and O–H groups in total. The summed E-state index contributed by atoms with van der Waals surface area (Å²) in [5, 5.41) is 6.76. The molecule has 1 saturated heterocycles. The molecule has 1 aromatic rings. The fourth-order valence-corrected chi connectivity index (χ4v) is 2.74. The molecule has 0 aromatic carbocycles. The first-order valence-electron chi connectivity index (χ1n) is 7.83. The number of aromatic nitrogens is 2. The second-order valence-corrected chi connectivity index (χ2v) is 6.88. The number of ether oxygens (including phenoxy) is 1. The fraction of sp³-hybridized carbons (Fsp3) is 0.733. The molecule has 1 aliphatic heterocycles. The molecule has 23 heavy (non-hydrogen) atoms. The first kappa shape index (κ1) is 17.4. The molecule has 0 spiro atoms. The van der Waals surface area contributed by atoms with E-state index in [2.05, 4.69) is 10.4 Å². The second-order valence-electron chi connectivity index (χ2n) is 6.88. The molecule has 2 heterocycles. The molecule has 0 bridgehead atoms. The Hall–Kier alpha value is -1.99. The van der Waals surface area contributed by atoms with Crippen molar-refractivity contribution in [3.63, 3.8) is 0 Å². The minimum absolute atomic E-state index is 0.311. The van der Waals surface area contributed by atoms with E-state index in [1.54, 1.807) is 38.7 Å². The van der Waals surface area contributed by atoms with Crippen LogP contribution < -0.4 is 16.0 Å². The lowest BCUT2D eigenvalue weighted by Crippen LogP contribution is -2.44. The third-order valence-electron chi connectivity index (χ3n) is 3.76. The van der Waals surface area contributed by atoms with Gasteiger partial charge in [0.25, 0.3) is 0 Å². The number of nitrogens with two attached hydrogens (primary N) is 1. The highest BCUT2D eigenvalue weighted by Crippen LogP contribution is 2.26. The zero-order chi connectivity index (χ0) is 17.2. The van der Waals surface area contributed by atoms with Crippen LogP contribution in [0, 0.1) is 0 Å². The average molecular weight is 327 g/mol. The maximum Gasteiger partial charge on any atom is 0.407 e. The molecule has 130 valence electrons. The van der Waals surface area contributed by atoms with Gasteiger partial charge in [-0.25, -0.2) is 9.18 Å². The van der Waals surface area contributed by atoms with E-state index in [-0.39, 0.29) is 0 Å². The van der Waals surface area contributed by atoms with Crippen molar-refractivity contribution >= 4 is 17.6 Å². The minimum Gasteiger partial charge on any atom is -0.444 e. The van der Waals surface area contributed by atoms with E-state index in [4.69, 9.17) is 10.5 Å². The minimum atomic E-state index is -1.12. The summed E-state index contributed by atoms with van der Waals surface area (Å²) in [5.41, 5.74) is 5.90. The number of alkyl carbamates (subject to hydrolysis) is 1. The van der Waals surface area contributed by atoms with Crippen LogP contribution in [0.3, 0.4) is 0 Å². The molecule has 1 aliphatic rings. The van der Waals surface area contributed by atoms with Gasteiger partial charge in [0, 0.05) is 20.1 Å². The van der Waals surface area contributed by atoms with Crippen molar-refractivity contribution in [1.29, 1.82) is 0 Å². The number of carbonyl (C=O) groups excluding carboxylic acids is 1. The van der Waals surface area contributed by atoms with Gasteiger partial charge in [0.2, 0.25) is 0 Å². The number of nitrogen functional groups attached to an aromatic ring is 1. The molecule has 0 radical (unpaired) electrons. The number of anilines is 2. The molecule has 8 heteroatoms. The van der Waals surface area contributed by atoms with Crippen LogP contribution in [0.4, 0.5) is 20.7 Å². The van der Waals surface area contributed by atoms with Crippen LogP contribution in [0.25, 0.3) is 0 Å². The van der Waals surface area contributed by atoms with Gasteiger partial charge < -0.3 is 20.7 Å². The van der Waals surface area contributed by atoms with Gasteiger partial charge >= 0.3 is 6.09 Å². The van der Waals surface area contributed by atoms with E-state index < -0.39 is 23.9 Å². The number of rotatable bonds is 2. The van der Waals surface area contributed by atoms with E-state index >= 15 is 0 Å². The number of nitrogens with one attached hydrogen (secondary N) is 1. The van der Waals surface area contributed by atoms with Crippen molar-refractivity contribution in [2.24, 2.45) is 7.05 Å². The smallest absolute Gasteiger partial charge is 0.407 e. The van der Waals surface area contributed by atoms with Crippen LogP contribution in [-0.4, -0.2) is 46.8 Å². The zero-order valence-corrected chi connectivity index (χ0v) is 14.2. The summed E-state index contributed by atoms with van der Waals surface area (Å²) in [4.78, 5) is 13.9. The first-order chi connectivity index (χ1) is 10.7. The number of hydrogen-bond acceptors (Lipinski definition) is 5. The van der Waals surface area contributed by atoms with Crippen molar-refractivity contribution in [2.75, 3.05) is 23.7 Å². The Morgan fingerprint density at radius 2 is 2.09 bits per heavy atom. The largest absolute Gasteiger partial charge is 0.444 e. The molecule has 7 nitrogen and oxygen atoms in total. The Balaban J connectivity index is 2.00. The molecule has 1 amide bonds. The predicted molar refractivity (Wildman–Crippen MR) is 87.1 cm³/mol. The van der Waals surface area contributed by atoms with Gasteiger partial charge in [-0.2, -0.15) is 5.10 Å². The highest BCUT2D eigenvalue weighted by molar-refractivity contribution is 5.68. The molecule has 0 unspecified atom stereocenters. The van der Waals surface area contributed by atoms with E-state index in [0.29, 0.717) is 31.6 Å². The monoisotopic (exact) mass is 327 g/mol. The number of amides is 1. The third-order valence-corrected chi connectivity index (χ3v) is 3.76. The van der Waals surface area contributed by atoms with Crippen LogP contribution in [0.5, 0.6) is 0 Å². The van der Waals surface area contributed by atoms with Crippen molar-refractivity contribution in [3.05, 3.63) is 6.20 Å². The summed E-state index contributed by atoms with van der Waals surface area (Å²) in [7, 11) is 1.81. The quantitative estimate of drug-likeness (QED) is 0.865. The predicted octanol–water partition coefficient (Wildman–Crippen LogP) is 1.83. The van der Waals surface area contributed by atoms with Gasteiger partial charge in [-0.15, -0.1) is 0 Å². The van der Waals surface area contributed by atoms with Crippen LogP contribution in [0.1, 0.15) is 33.6 Å². The normalized spacial score (nSPS) is 22.6. The average Bonchev–Trinajstić information content (AvgIpc) is 2.64. The summed E-state index contributed by atoms with van der Waals surface area (Å²) in [5.74, 6) is 0.787. The van der Waals surface area contributed by atoms with Crippen molar-refractivity contribution < 1.29 is 13.9 Å². The highest BCUT2D eigenvalue weighted by atomic mass is 19.1. The zero-order valence-electron chi connectivity index (χ0n) is 14.2. The van der Waals surface area contributed by atoms with Gasteiger partial charge in [-0.1, -0.05) is 0 Å². The van der Waals surface area contributed by atoms with E-state index in [9.17, 15) is 9.18 Å². The molecule has 2 rings (SSSR count). The van der Waals surface area contributed by atoms with E-state index in [1.165, 1.54) is 0 Å². The Morgan fingerprint density at radius 1 is 1.43 bits per heavy atom.